The van der Waals surface area contributed by atoms with Crippen molar-refractivity contribution in [2.45, 2.75) is 37.8 Å². The maximum absolute atomic E-state index is 6.19. The normalized spacial score (nSPS) is 29.0. The van der Waals surface area contributed by atoms with Gasteiger partial charge in [0.15, 0.2) is 5.96 Å². The Morgan fingerprint density at radius 2 is 2.19 bits per heavy atom. The van der Waals surface area contributed by atoms with Gasteiger partial charge >= 0.3 is 0 Å². The highest BCUT2D eigenvalue weighted by Crippen LogP contribution is 2.37. The maximum Gasteiger partial charge on any atom is 0.192 e. The first-order valence-corrected chi connectivity index (χ1v) is 8.40. The molecule has 1 aromatic carbocycles. The average Bonchev–Trinajstić information content (AvgIpc) is 3.11. The molecule has 1 fully saturated rings. The molecule has 21 heavy (non-hydrogen) atoms. The third kappa shape index (κ3) is 2.69. The molecule has 0 bridgehead atoms. The maximum atomic E-state index is 6.19. The summed E-state index contributed by atoms with van der Waals surface area (Å²) in [4.78, 5) is 6.79. The monoisotopic (exact) mass is 351 g/mol. The number of aliphatic imine (C=N–C) groups is 1. The summed E-state index contributed by atoms with van der Waals surface area (Å²) in [7, 11) is 0. The molecule has 2 unspecified atom stereocenters. The molecule has 4 nitrogen and oxygen atoms in total. The summed E-state index contributed by atoms with van der Waals surface area (Å²) in [6, 6.07) is 8.52. The number of rotatable bonds is 4. The van der Waals surface area contributed by atoms with E-state index in [-0.39, 0.29) is 11.6 Å². The van der Waals surface area contributed by atoms with Crippen LogP contribution in [0.5, 0.6) is 0 Å². The minimum atomic E-state index is -0.128. The Morgan fingerprint density at radius 3 is 2.81 bits per heavy atom. The minimum Gasteiger partial charge on any atom is -0.376 e. The fourth-order valence-corrected chi connectivity index (χ4v) is 3.64. The lowest BCUT2D eigenvalue weighted by atomic mass is 9.86. The van der Waals surface area contributed by atoms with Gasteiger partial charge in [0.2, 0.25) is 0 Å². The molecule has 0 radical (unpaired) electrons. The van der Waals surface area contributed by atoms with E-state index in [1.165, 1.54) is 5.56 Å². The van der Waals surface area contributed by atoms with Crippen LogP contribution >= 0.6 is 15.9 Å². The van der Waals surface area contributed by atoms with Crippen molar-refractivity contribution in [3.05, 3.63) is 34.3 Å². The molecule has 3 rings (SSSR count). The molecular formula is C16H22BrN3O. The molecule has 2 heterocycles. The smallest absolute Gasteiger partial charge is 0.192 e. The van der Waals surface area contributed by atoms with Gasteiger partial charge in [-0.1, -0.05) is 35.0 Å². The van der Waals surface area contributed by atoms with Gasteiger partial charge in [-0.15, -0.1) is 0 Å². The lowest BCUT2D eigenvalue weighted by molar-refractivity contribution is 0.0633. The van der Waals surface area contributed by atoms with Crippen LogP contribution in [0, 0.1) is 0 Å². The molecule has 114 valence electrons. The quantitative estimate of drug-likeness (QED) is 0.907. The van der Waals surface area contributed by atoms with E-state index in [2.05, 4.69) is 57.0 Å². The molecule has 0 aromatic heterocycles. The van der Waals surface area contributed by atoms with Gasteiger partial charge in [0.05, 0.1) is 18.2 Å². The van der Waals surface area contributed by atoms with Crippen LogP contribution in [-0.2, 0) is 10.3 Å². The van der Waals surface area contributed by atoms with Crippen molar-refractivity contribution in [3.63, 3.8) is 0 Å². The summed E-state index contributed by atoms with van der Waals surface area (Å²) in [6.45, 7) is 4.63. The third-order valence-corrected chi connectivity index (χ3v) is 5.20. The van der Waals surface area contributed by atoms with Crippen molar-refractivity contribution in [2.75, 3.05) is 19.7 Å². The predicted octanol–water partition coefficient (Wildman–Crippen LogP) is 2.86. The van der Waals surface area contributed by atoms with E-state index in [1.807, 2.05) is 0 Å². The number of hydrogen-bond acceptors (Lipinski definition) is 4. The van der Waals surface area contributed by atoms with E-state index in [1.54, 1.807) is 0 Å². The second-order valence-corrected chi connectivity index (χ2v) is 6.73. The molecule has 5 heteroatoms. The van der Waals surface area contributed by atoms with Gasteiger partial charge in [-0.2, -0.15) is 0 Å². The number of halogens is 1. The molecule has 2 atom stereocenters. The number of nitrogens with zero attached hydrogens (tertiary/aromatic N) is 2. The van der Waals surface area contributed by atoms with Crippen LogP contribution in [0.3, 0.4) is 0 Å². The van der Waals surface area contributed by atoms with Crippen molar-refractivity contribution < 1.29 is 4.74 Å². The van der Waals surface area contributed by atoms with Crippen LogP contribution in [0.15, 0.2) is 33.7 Å². The van der Waals surface area contributed by atoms with Crippen LogP contribution in [0.1, 0.15) is 31.7 Å². The summed E-state index contributed by atoms with van der Waals surface area (Å²) in [5, 5.41) is 0. The van der Waals surface area contributed by atoms with Gasteiger partial charge < -0.3 is 15.4 Å². The summed E-state index contributed by atoms with van der Waals surface area (Å²) in [5.74, 6) is 0.648. The molecule has 1 aromatic rings. The number of hydrogen-bond donors (Lipinski definition) is 1. The second kappa shape index (κ2) is 5.97. The van der Waals surface area contributed by atoms with Crippen LogP contribution in [-0.4, -0.2) is 36.7 Å². The first-order valence-electron chi connectivity index (χ1n) is 7.61. The van der Waals surface area contributed by atoms with Crippen molar-refractivity contribution in [3.8, 4) is 0 Å². The number of ether oxygens (including phenoxy) is 1. The number of benzene rings is 1. The van der Waals surface area contributed by atoms with Crippen molar-refractivity contribution in [2.24, 2.45) is 10.7 Å². The van der Waals surface area contributed by atoms with E-state index in [0.29, 0.717) is 5.96 Å². The lowest BCUT2D eigenvalue weighted by Crippen LogP contribution is -2.51. The van der Waals surface area contributed by atoms with E-state index < -0.39 is 0 Å². The van der Waals surface area contributed by atoms with Gasteiger partial charge in [0, 0.05) is 17.6 Å². The first kappa shape index (κ1) is 14.9. The second-order valence-electron chi connectivity index (χ2n) is 5.81. The van der Waals surface area contributed by atoms with E-state index in [9.17, 15) is 0 Å². The zero-order valence-corrected chi connectivity index (χ0v) is 14.0. The van der Waals surface area contributed by atoms with Gasteiger partial charge in [0.25, 0.3) is 0 Å². The Morgan fingerprint density at radius 1 is 1.43 bits per heavy atom. The summed E-state index contributed by atoms with van der Waals surface area (Å²) in [5.41, 5.74) is 7.33. The predicted molar refractivity (Wildman–Crippen MR) is 88.3 cm³/mol. The number of nitrogens with two attached hydrogens (primary N) is 1. The Balaban J connectivity index is 1.89. The highest BCUT2D eigenvalue weighted by Gasteiger charge is 2.43. The molecule has 2 aliphatic rings. The molecule has 0 aliphatic carbocycles. The van der Waals surface area contributed by atoms with Gasteiger partial charge in [0.1, 0.15) is 0 Å². The average molecular weight is 352 g/mol. The van der Waals surface area contributed by atoms with E-state index in [0.717, 1.165) is 43.4 Å². The highest BCUT2D eigenvalue weighted by molar-refractivity contribution is 9.10. The molecule has 0 saturated carbocycles. The van der Waals surface area contributed by atoms with Crippen molar-refractivity contribution in [1.82, 2.24) is 4.90 Å². The van der Waals surface area contributed by atoms with E-state index in [4.69, 9.17) is 10.5 Å². The van der Waals surface area contributed by atoms with Crippen molar-refractivity contribution in [1.29, 1.82) is 0 Å². The molecule has 2 N–H and O–H groups in total. The highest BCUT2D eigenvalue weighted by atomic mass is 79.9. The summed E-state index contributed by atoms with van der Waals surface area (Å²) < 4.78 is 6.89. The van der Waals surface area contributed by atoms with Gasteiger partial charge in [-0.3, -0.25) is 4.99 Å². The topological polar surface area (TPSA) is 50.8 Å². The lowest BCUT2D eigenvalue weighted by Gasteiger charge is -2.40. The Hall–Kier alpha value is -1.07. The Labute approximate surface area is 134 Å². The van der Waals surface area contributed by atoms with Crippen molar-refractivity contribution >= 4 is 21.9 Å². The van der Waals surface area contributed by atoms with Gasteiger partial charge in [-0.25, -0.2) is 0 Å². The number of guanidine groups is 1. The molecule has 0 spiro atoms. The van der Waals surface area contributed by atoms with Crippen LogP contribution < -0.4 is 5.73 Å². The summed E-state index contributed by atoms with van der Waals surface area (Å²) >= 11 is 3.50. The summed E-state index contributed by atoms with van der Waals surface area (Å²) in [6.07, 6.45) is 3.51. The first-order chi connectivity index (χ1) is 10.2. The largest absolute Gasteiger partial charge is 0.376 e. The molecule has 0 amide bonds. The Kier molecular flexibility index (Phi) is 4.22. The minimum absolute atomic E-state index is 0.128. The fourth-order valence-electron chi connectivity index (χ4n) is 3.38. The molecule has 2 aliphatic heterocycles. The van der Waals surface area contributed by atoms with Crippen LogP contribution in [0.25, 0.3) is 0 Å². The Bertz CT molecular complexity index is 525. The zero-order chi connectivity index (χ0) is 14.9. The third-order valence-electron chi connectivity index (χ3n) is 4.67. The zero-order valence-electron chi connectivity index (χ0n) is 12.4. The molecular weight excluding hydrogens is 330 g/mol. The van der Waals surface area contributed by atoms with Gasteiger partial charge in [-0.05, 0) is 37.0 Å². The van der Waals surface area contributed by atoms with Crippen LogP contribution in [0.2, 0.25) is 0 Å². The fraction of sp³-hybridized carbons (Fsp3) is 0.562. The standard InChI is InChI=1S/C16H22BrN3O/c1-2-16(12-5-7-13(17)8-6-12)11-19-15(18)20(16)10-14-4-3-9-21-14/h5-8,14H,2-4,9-11H2,1H3,(H2,18,19). The molecule has 1 saturated heterocycles. The van der Waals surface area contributed by atoms with E-state index >= 15 is 0 Å². The van der Waals surface area contributed by atoms with Crippen LogP contribution in [0.4, 0.5) is 0 Å². The SMILES string of the molecule is CCC1(c2ccc(Br)cc2)CN=C(N)N1CC1CCCO1.